The Labute approximate surface area is 136 Å². The van der Waals surface area contributed by atoms with Crippen molar-refractivity contribution >= 4 is 44.8 Å². The third-order valence-corrected chi connectivity index (χ3v) is 4.34. The van der Waals surface area contributed by atoms with Crippen molar-refractivity contribution in [2.45, 2.75) is 12.8 Å². The first-order valence-electron chi connectivity index (χ1n) is 6.77. The van der Waals surface area contributed by atoms with Crippen molar-refractivity contribution in [2.75, 3.05) is 17.2 Å². The second-order valence-electron chi connectivity index (χ2n) is 4.94. The fraction of sp³-hybridized carbons (Fsp3) is 0.188. The largest absolute Gasteiger partial charge is 0.385 e. The number of anilines is 2. The van der Waals surface area contributed by atoms with Gasteiger partial charge in [0.25, 0.3) is 5.91 Å². The minimum absolute atomic E-state index is 0.129. The highest BCUT2D eigenvalue weighted by atomic mass is 79.9. The molecule has 0 radical (unpaired) electrons. The minimum atomic E-state index is -0.129. The number of fused-ring (bicyclic) bond motifs is 1. The van der Waals surface area contributed by atoms with Gasteiger partial charge < -0.3 is 10.6 Å². The molecule has 2 aromatic rings. The zero-order valence-electron chi connectivity index (χ0n) is 11.2. The number of rotatable bonds is 2. The molecule has 3 rings (SSSR count). The third-order valence-electron chi connectivity index (χ3n) is 3.52. The van der Waals surface area contributed by atoms with E-state index in [9.17, 15) is 4.79 Å². The van der Waals surface area contributed by atoms with Gasteiger partial charge in [0.2, 0.25) is 0 Å². The van der Waals surface area contributed by atoms with E-state index in [0.717, 1.165) is 35.1 Å². The molecule has 3 nitrogen and oxygen atoms in total. The Bertz CT molecular complexity index is 703. The smallest absolute Gasteiger partial charge is 0.256 e. The van der Waals surface area contributed by atoms with Crippen molar-refractivity contribution in [2.24, 2.45) is 0 Å². The topological polar surface area (TPSA) is 41.1 Å². The quantitative estimate of drug-likeness (QED) is 0.809. The lowest BCUT2D eigenvalue weighted by atomic mass is 9.97. The van der Waals surface area contributed by atoms with Gasteiger partial charge in [-0.05, 0) is 48.7 Å². The van der Waals surface area contributed by atoms with Gasteiger partial charge in [0.05, 0.1) is 10.7 Å². The molecule has 0 aliphatic carbocycles. The Morgan fingerprint density at radius 3 is 3.00 bits per heavy atom. The lowest BCUT2D eigenvalue weighted by Crippen LogP contribution is -2.19. The highest BCUT2D eigenvalue weighted by molar-refractivity contribution is 9.10. The van der Waals surface area contributed by atoms with Gasteiger partial charge in [0.15, 0.2) is 0 Å². The highest BCUT2D eigenvalue weighted by Crippen LogP contribution is 2.29. The molecular weight excluding hydrogens is 352 g/mol. The number of carbonyl (C=O) groups excluding carboxylic acids is 1. The van der Waals surface area contributed by atoms with Gasteiger partial charge in [-0.1, -0.05) is 33.6 Å². The number of carbonyl (C=O) groups is 1. The molecule has 1 aliphatic rings. The predicted octanol–water partition coefficient (Wildman–Crippen LogP) is 4.71. The molecule has 0 aromatic heterocycles. The number of nitrogens with one attached hydrogen (secondary N) is 2. The summed E-state index contributed by atoms with van der Waals surface area (Å²) in [7, 11) is 0. The number of benzene rings is 2. The molecule has 2 N–H and O–H groups in total. The van der Waals surface area contributed by atoms with E-state index in [1.54, 1.807) is 12.1 Å². The molecule has 21 heavy (non-hydrogen) atoms. The second-order valence-corrected chi connectivity index (χ2v) is 6.26. The first-order chi connectivity index (χ1) is 10.1. The monoisotopic (exact) mass is 364 g/mol. The number of amides is 1. The number of hydrogen-bond acceptors (Lipinski definition) is 2. The van der Waals surface area contributed by atoms with Crippen LogP contribution < -0.4 is 10.6 Å². The van der Waals surface area contributed by atoms with Crippen LogP contribution in [-0.4, -0.2) is 12.5 Å². The average molecular weight is 366 g/mol. The van der Waals surface area contributed by atoms with E-state index in [1.165, 1.54) is 0 Å². The number of halogens is 2. The maximum Gasteiger partial charge on any atom is 0.256 e. The van der Waals surface area contributed by atoms with Crippen molar-refractivity contribution < 1.29 is 4.79 Å². The van der Waals surface area contributed by atoms with Gasteiger partial charge in [-0.2, -0.15) is 0 Å². The van der Waals surface area contributed by atoms with E-state index in [1.807, 2.05) is 24.3 Å². The van der Waals surface area contributed by atoms with Crippen LogP contribution in [0.25, 0.3) is 0 Å². The lowest BCUT2D eigenvalue weighted by molar-refractivity contribution is 0.102. The zero-order valence-corrected chi connectivity index (χ0v) is 13.6. The summed E-state index contributed by atoms with van der Waals surface area (Å²) in [5.74, 6) is -0.129. The van der Waals surface area contributed by atoms with Crippen molar-refractivity contribution in [3.63, 3.8) is 0 Å². The van der Waals surface area contributed by atoms with Gasteiger partial charge in [0, 0.05) is 22.3 Å². The molecule has 0 atom stereocenters. The predicted molar refractivity (Wildman–Crippen MR) is 90.4 cm³/mol. The molecule has 0 spiro atoms. The van der Waals surface area contributed by atoms with E-state index in [2.05, 4.69) is 26.6 Å². The molecule has 108 valence electrons. The van der Waals surface area contributed by atoms with Gasteiger partial charge >= 0.3 is 0 Å². The van der Waals surface area contributed by atoms with Crippen molar-refractivity contribution in [1.29, 1.82) is 0 Å². The van der Waals surface area contributed by atoms with E-state index in [0.29, 0.717) is 16.3 Å². The summed E-state index contributed by atoms with van der Waals surface area (Å²) >= 11 is 9.51. The molecule has 0 bridgehead atoms. The van der Waals surface area contributed by atoms with Crippen molar-refractivity contribution in [3.8, 4) is 0 Å². The molecule has 5 heteroatoms. The van der Waals surface area contributed by atoms with Crippen LogP contribution in [0.3, 0.4) is 0 Å². The standard InChI is InChI=1S/C16H14BrClN2O/c17-10-6-7-13(18)15(9-10)20-16(21)12-3-1-5-14-11(12)4-2-8-19-14/h1,3,5-7,9,19H,2,4,8H2,(H,20,21). The van der Waals surface area contributed by atoms with Crippen LogP contribution in [0.1, 0.15) is 22.3 Å². The van der Waals surface area contributed by atoms with E-state index in [-0.39, 0.29) is 5.91 Å². The Morgan fingerprint density at radius 1 is 1.29 bits per heavy atom. The first-order valence-corrected chi connectivity index (χ1v) is 7.94. The van der Waals surface area contributed by atoms with Gasteiger partial charge in [-0.25, -0.2) is 0 Å². The van der Waals surface area contributed by atoms with E-state index in [4.69, 9.17) is 11.6 Å². The Morgan fingerprint density at radius 2 is 2.14 bits per heavy atom. The Kier molecular flexibility index (Phi) is 4.17. The van der Waals surface area contributed by atoms with Crippen LogP contribution in [0.15, 0.2) is 40.9 Å². The fourth-order valence-corrected chi connectivity index (χ4v) is 3.03. The van der Waals surface area contributed by atoms with Crippen LogP contribution in [0.5, 0.6) is 0 Å². The molecule has 2 aromatic carbocycles. The maximum atomic E-state index is 12.5. The summed E-state index contributed by atoms with van der Waals surface area (Å²) in [6.45, 7) is 0.954. The zero-order chi connectivity index (χ0) is 14.8. The SMILES string of the molecule is O=C(Nc1cc(Br)ccc1Cl)c1cccc2c1CCCN2. The van der Waals surface area contributed by atoms with Crippen LogP contribution in [0, 0.1) is 0 Å². The minimum Gasteiger partial charge on any atom is -0.385 e. The summed E-state index contributed by atoms with van der Waals surface area (Å²) in [5, 5.41) is 6.74. The molecule has 1 heterocycles. The second kappa shape index (κ2) is 6.08. The molecular formula is C16H14BrClN2O. The summed E-state index contributed by atoms with van der Waals surface area (Å²) in [6, 6.07) is 11.2. The van der Waals surface area contributed by atoms with E-state index >= 15 is 0 Å². The van der Waals surface area contributed by atoms with E-state index < -0.39 is 0 Å². The normalized spacial score (nSPS) is 13.2. The van der Waals surface area contributed by atoms with Crippen molar-refractivity contribution in [3.05, 3.63) is 57.0 Å². The molecule has 1 aliphatic heterocycles. The molecule has 0 unspecified atom stereocenters. The summed E-state index contributed by atoms with van der Waals surface area (Å²) < 4.78 is 0.874. The summed E-state index contributed by atoms with van der Waals surface area (Å²) in [4.78, 5) is 12.5. The van der Waals surface area contributed by atoms with Crippen LogP contribution in [0.2, 0.25) is 5.02 Å². The number of hydrogen-bond donors (Lipinski definition) is 2. The highest BCUT2D eigenvalue weighted by Gasteiger charge is 2.18. The first kappa shape index (κ1) is 14.4. The fourth-order valence-electron chi connectivity index (χ4n) is 2.51. The Hall–Kier alpha value is -1.52. The maximum absolute atomic E-state index is 12.5. The van der Waals surface area contributed by atoms with Crippen LogP contribution in [0.4, 0.5) is 11.4 Å². The van der Waals surface area contributed by atoms with Gasteiger partial charge in [-0.15, -0.1) is 0 Å². The molecule has 1 amide bonds. The lowest BCUT2D eigenvalue weighted by Gasteiger charge is -2.20. The molecule has 0 saturated carbocycles. The molecule has 0 saturated heterocycles. The third kappa shape index (κ3) is 3.06. The van der Waals surface area contributed by atoms with Crippen LogP contribution in [-0.2, 0) is 6.42 Å². The van der Waals surface area contributed by atoms with Crippen LogP contribution >= 0.6 is 27.5 Å². The van der Waals surface area contributed by atoms with Gasteiger partial charge in [-0.3, -0.25) is 4.79 Å². The van der Waals surface area contributed by atoms with Gasteiger partial charge in [0.1, 0.15) is 0 Å². The average Bonchev–Trinajstić information content (AvgIpc) is 2.50. The molecule has 0 fully saturated rings. The summed E-state index contributed by atoms with van der Waals surface area (Å²) in [5.41, 5.74) is 3.44. The summed E-state index contributed by atoms with van der Waals surface area (Å²) in [6.07, 6.45) is 1.95. The Balaban J connectivity index is 1.91. The van der Waals surface area contributed by atoms with Crippen molar-refractivity contribution in [1.82, 2.24) is 0 Å².